The fourth-order valence-electron chi connectivity index (χ4n) is 1.42. The van der Waals surface area contributed by atoms with Crippen molar-refractivity contribution in [1.82, 2.24) is 9.55 Å². The van der Waals surface area contributed by atoms with Crippen molar-refractivity contribution >= 4 is 5.69 Å². The molecule has 1 aromatic carbocycles. The van der Waals surface area contributed by atoms with Crippen LogP contribution in [0.1, 0.15) is 11.4 Å². The maximum atomic E-state index is 13.2. The van der Waals surface area contributed by atoms with E-state index in [0.717, 1.165) is 5.56 Å². The Hall–Kier alpha value is -2.35. The van der Waals surface area contributed by atoms with Crippen molar-refractivity contribution in [2.24, 2.45) is 0 Å². The van der Waals surface area contributed by atoms with Gasteiger partial charge in [0, 0.05) is 18.9 Å². The molecule has 0 bridgehead atoms. The molecule has 0 aliphatic heterocycles. The number of anilines is 1. The lowest BCUT2D eigenvalue weighted by Crippen LogP contribution is -2.02. The first-order valence-corrected chi connectivity index (χ1v) is 4.66. The van der Waals surface area contributed by atoms with Gasteiger partial charge in [0.1, 0.15) is 11.9 Å². The van der Waals surface area contributed by atoms with Gasteiger partial charge in [-0.3, -0.25) is 0 Å². The molecule has 2 N–H and O–H groups in total. The fraction of sp³-hybridized carbons (Fsp3) is 0.0909. The fourth-order valence-corrected chi connectivity index (χ4v) is 1.42. The van der Waals surface area contributed by atoms with Crippen LogP contribution in [0.4, 0.5) is 10.1 Å². The van der Waals surface area contributed by atoms with Crippen LogP contribution in [-0.2, 0) is 6.54 Å². The molecule has 0 aliphatic carbocycles. The monoisotopic (exact) mass is 216 g/mol. The van der Waals surface area contributed by atoms with Gasteiger partial charge in [0.25, 0.3) is 0 Å². The van der Waals surface area contributed by atoms with Crippen molar-refractivity contribution in [3.8, 4) is 6.07 Å². The first-order chi connectivity index (χ1) is 7.70. The van der Waals surface area contributed by atoms with E-state index in [-0.39, 0.29) is 5.69 Å². The molecule has 0 fully saturated rings. The summed E-state index contributed by atoms with van der Waals surface area (Å²) in [5.74, 6) is -0.145. The highest BCUT2D eigenvalue weighted by Crippen LogP contribution is 2.13. The Bertz CT molecular complexity index is 553. The zero-order chi connectivity index (χ0) is 11.5. The Morgan fingerprint density at radius 3 is 3.00 bits per heavy atom. The van der Waals surface area contributed by atoms with Crippen molar-refractivity contribution in [2.45, 2.75) is 6.54 Å². The van der Waals surface area contributed by atoms with Gasteiger partial charge in [0.05, 0.1) is 5.69 Å². The molecule has 1 aromatic heterocycles. The van der Waals surface area contributed by atoms with Crippen LogP contribution >= 0.6 is 0 Å². The second-order valence-electron chi connectivity index (χ2n) is 3.35. The van der Waals surface area contributed by atoms with E-state index in [2.05, 4.69) is 4.98 Å². The molecule has 4 nitrogen and oxygen atoms in total. The standard InChI is InChI=1S/C11H9FN4/c12-9-5-8(1-2-10(9)14)7-16-4-3-15-11(16)6-13/h1-5H,7,14H2. The summed E-state index contributed by atoms with van der Waals surface area (Å²) in [7, 11) is 0. The highest BCUT2D eigenvalue weighted by Gasteiger charge is 2.04. The highest BCUT2D eigenvalue weighted by atomic mass is 19.1. The Morgan fingerprint density at radius 1 is 1.50 bits per heavy atom. The minimum absolute atomic E-state index is 0.120. The van der Waals surface area contributed by atoms with Crippen molar-refractivity contribution in [2.75, 3.05) is 5.73 Å². The van der Waals surface area contributed by atoms with Gasteiger partial charge in [-0.05, 0) is 17.7 Å². The molecule has 2 aromatic rings. The van der Waals surface area contributed by atoms with E-state index in [1.54, 1.807) is 16.8 Å². The number of hydrogen-bond acceptors (Lipinski definition) is 3. The number of hydrogen-bond donors (Lipinski definition) is 1. The normalized spacial score (nSPS) is 10.0. The summed E-state index contributed by atoms with van der Waals surface area (Å²) in [4.78, 5) is 3.85. The molecule has 0 spiro atoms. The molecule has 0 atom stereocenters. The van der Waals surface area contributed by atoms with Crippen LogP contribution < -0.4 is 5.73 Å². The summed E-state index contributed by atoms with van der Waals surface area (Å²) in [6.07, 6.45) is 3.21. The molecule has 0 unspecified atom stereocenters. The van der Waals surface area contributed by atoms with Crippen molar-refractivity contribution in [3.63, 3.8) is 0 Å². The van der Waals surface area contributed by atoms with Gasteiger partial charge in [-0.25, -0.2) is 9.37 Å². The molecule has 0 amide bonds. The van der Waals surface area contributed by atoms with E-state index in [0.29, 0.717) is 12.4 Å². The second-order valence-corrected chi connectivity index (χ2v) is 3.35. The minimum Gasteiger partial charge on any atom is -0.396 e. The van der Waals surface area contributed by atoms with E-state index < -0.39 is 5.82 Å². The van der Waals surface area contributed by atoms with Gasteiger partial charge in [-0.2, -0.15) is 5.26 Å². The summed E-state index contributed by atoms with van der Waals surface area (Å²) in [6.45, 7) is 0.403. The van der Waals surface area contributed by atoms with Crippen LogP contribution in [0.5, 0.6) is 0 Å². The number of aromatic nitrogens is 2. The van der Waals surface area contributed by atoms with Crippen LogP contribution in [0.2, 0.25) is 0 Å². The van der Waals surface area contributed by atoms with Gasteiger partial charge >= 0.3 is 0 Å². The van der Waals surface area contributed by atoms with Crippen molar-refractivity contribution < 1.29 is 4.39 Å². The zero-order valence-corrected chi connectivity index (χ0v) is 8.39. The molecule has 0 aliphatic rings. The Balaban J connectivity index is 2.28. The number of nitrogens with two attached hydrogens (primary N) is 1. The lowest BCUT2D eigenvalue weighted by Gasteiger charge is -2.05. The maximum absolute atomic E-state index is 13.2. The Morgan fingerprint density at radius 2 is 2.31 bits per heavy atom. The van der Waals surface area contributed by atoms with Gasteiger partial charge in [-0.15, -0.1) is 0 Å². The maximum Gasteiger partial charge on any atom is 0.213 e. The number of rotatable bonds is 2. The van der Waals surface area contributed by atoms with Gasteiger partial charge in [0.15, 0.2) is 0 Å². The predicted octanol–water partition coefficient (Wildman–Crippen LogP) is 1.52. The smallest absolute Gasteiger partial charge is 0.213 e. The number of halogens is 1. The number of benzene rings is 1. The molecule has 0 saturated carbocycles. The quantitative estimate of drug-likeness (QED) is 0.774. The Labute approximate surface area is 91.8 Å². The molecule has 0 saturated heterocycles. The average Bonchev–Trinajstić information content (AvgIpc) is 2.71. The first kappa shape index (κ1) is 10.2. The van der Waals surface area contributed by atoms with Crippen LogP contribution in [0, 0.1) is 17.1 Å². The van der Waals surface area contributed by atoms with Crippen LogP contribution in [-0.4, -0.2) is 9.55 Å². The van der Waals surface area contributed by atoms with Gasteiger partial charge < -0.3 is 10.3 Å². The molecule has 0 radical (unpaired) electrons. The summed E-state index contributed by atoms with van der Waals surface area (Å²) < 4.78 is 14.8. The molecular weight excluding hydrogens is 207 g/mol. The summed E-state index contributed by atoms with van der Waals surface area (Å²) in [5, 5.41) is 8.76. The zero-order valence-electron chi connectivity index (χ0n) is 8.39. The lowest BCUT2D eigenvalue weighted by atomic mass is 10.2. The summed E-state index contributed by atoms with van der Waals surface area (Å²) in [6, 6.07) is 6.54. The molecule has 5 heteroatoms. The van der Waals surface area contributed by atoms with E-state index in [9.17, 15) is 4.39 Å². The van der Waals surface area contributed by atoms with Crippen molar-refractivity contribution in [1.29, 1.82) is 5.26 Å². The van der Waals surface area contributed by atoms with E-state index in [1.807, 2.05) is 6.07 Å². The molecular formula is C11H9FN4. The van der Waals surface area contributed by atoms with Gasteiger partial charge in [0.2, 0.25) is 5.82 Å². The van der Waals surface area contributed by atoms with Crippen LogP contribution in [0.25, 0.3) is 0 Å². The number of nitriles is 1. The Kier molecular flexibility index (Phi) is 2.56. The lowest BCUT2D eigenvalue weighted by molar-refractivity contribution is 0.628. The second kappa shape index (κ2) is 4.03. The van der Waals surface area contributed by atoms with Crippen LogP contribution in [0.15, 0.2) is 30.6 Å². The molecule has 2 rings (SSSR count). The first-order valence-electron chi connectivity index (χ1n) is 4.66. The van der Waals surface area contributed by atoms with Gasteiger partial charge in [-0.1, -0.05) is 6.07 Å². The highest BCUT2D eigenvalue weighted by molar-refractivity contribution is 5.41. The summed E-state index contributed by atoms with van der Waals surface area (Å²) >= 11 is 0. The minimum atomic E-state index is -0.448. The van der Waals surface area contributed by atoms with E-state index in [4.69, 9.17) is 11.0 Å². The van der Waals surface area contributed by atoms with E-state index >= 15 is 0 Å². The number of imidazole rings is 1. The number of nitrogen functional groups attached to an aromatic ring is 1. The molecule has 1 heterocycles. The third-order valence-corrected chi connectivity index (χ3v) is 2.23. The SMILES string of the molecule is N#Cc1nccn1Cc1ccc(N)c(F)c1. The third-order valence-electron chi connectivity index (χ3n) is 2.23. The van der Waals surface area contributed by atoms with E-state index in [1.165, 1.54) is 18.3 Å². The summed E-state index contributed by atoms with van der Waals surface area (Å²) in [5.41, 5.74) is 6.23. The van der Waals surface area contributed by atoms with Crippen LogP contribution in [0.3, 0.4) is 0 Å². The predicted molar refractivity (Wildman–Crippen MR) is 56.9 cm³/mol. The molecule has 16 heavy (non-hydrogen) atoms. The van der Waals surface area contributed by atoms with Crippen molar-refractivity contribution in [3.05, 3.63) is 47.8 Å². The third kappa shape index (κ3) is 1.86. The average molecular weight is 216 g/mol. The number of nitrogens with zero attached hydrogens (tertiary/aromatic N) is 3. The molecule has 80 valence electrons. The largest absolute Gasteiger partial charge is 0.396 e. The topological polar surface area (TPSA) is 67.6 Å².